The van der Waals surface area contributed by atoms with Crippen LogP contribution in [0.4, 0.5) is 4.39 Å². The lowest BCUT2D eigenvalue weighted by Gasteiger charge is -2.06. The van der Waals surface area contributed by atoms with Crippen molar-refractivity contribution in [3.63, 3.8) is 0 Å². The Morgan fingerprint density at radius 3 is 2.89 bits per heavy atom. The van der Waals surface area contributed by atoms with Crippen LogP contribution >= 0.6 is 11.3 Å². The number of benzene rings is 1. The second-order valence-corrected chi connectivity index (χ2v) is 5.44. The van der Waals surface area contributed by atoms with Crippen molar-refractivity contribution in [1.82, 2.24) is 4.98 Å². The highest BCUT2D eigenvalue weighted by Gasteiger charge is 2.10. The van der Waals surface area contributed by atoms with Crippen molar-refractivity contribution in [3.8, 4) is 11.3 Å². The van der Waals surface area contributed by atoms with Gasteiger partial charge in [-0.2, -0.15) is 0 Å². The van der Waals surface area contributed by atoms with Crippen LogP contribution < -0.4 is 5.73 Å². The maximum absolute atomic E-state index is 13.6. The average Bonchev–Trinajstić information content (AvgIpc) is 2.78. The SMILES string of the molecule is CC(CCN)Cc1nc(-c2ccccc2F)cs1. The number of halogens is 1. The Labute approximate surface area is 111 Å². The van der Waals surface area contributed by atoms with E-state index in [1.807, 2.05) is 11.4 Å². The summed E-state index contributed by atoms with van der Waals surface area (Å²) in [7, 11) is 0. The van der Waals surface area contributed by atoms with Gasteiger partial charge in [-0.25, -0.2) is 9.37 Å². The monoisotopic (exact) mass is 264 g/mol. The van der Waals surface area contributed by atoms with Gasteiger partial charge in [-0.3, -0.25) is 0 Å². The Morgan fingerprint density at radius 2 is 2.17 bits per heavy atom. The van der Waals surface area contributed by atoms with Crippen molar-refractivity contribution >= 4 is 11.3 Å². The van der Waals surface area contributed by atoms with Gasteiger partial charge in [0.25, 0.3) is 0 Å². The van der Waals surface area contributed by atoms with Crippen LogP contribution in [0.3, 0.4) is 0 Å². The topological polar surface area (TPSA) is 38.9 Å². The first-order chi connectivity index (χ1) is 8.70. The summed E-state index contributed by atoms with van der Waals surface area (Å²) >= 11 is 1.59. The van der Waals surface area contributed by atoms with E-state index in [4.69, 9.17) is 5.73 Å². The summed E-state index contributed by atoms with van der Waals surface area (Å²) in [6, 6.07) is 6.74. The quantitative estimate of drug-likeness (QED) is 0.898. The molecule has 2 rings (SSSR count). The molecule has 0 fully saturated rings. The molecule has 2 aromatic rings. The third-order valence-corrected chi connectivity index (χ3v) is 3.76. The average molecular weight is 264 g/mol. The lowest BCUT2D eigenvalue weighted by Crippen LogP contribution is -2.07. The van der Waals surface area contributed by atoms with Gasteiger partial charge >= 0.3 is 0 Å². The molecule has 1 aromatic carbocycles. The fourth-order valence-electron chi connectivity index (χ4n) is 1.88. The number of hydrogen-bond acceptors (Lipinski definition) is 3. The highest BCUT2D eigenvalue weighted by Crippen LogP contribution is 2.25. The van der Waals surface area contributed by atoms with Crippen LogP contribution in [-0.2, 0) is 6.42 Å². The molecule has 0 aliphatic rings. The van der Waals surface area contributed by atoms with Crippen molar-refractivity contribution < 1.29 is 4.39 Å². The Kier molecular flexibility index (Phi) is 4.44. The molecule has 0 saturated heterocycles. The van der Waals surface area contributed by atoms with E-state index in [2.05, 4.69) is 11.9 Å². The fraction of sp³-hybridized carbons (Fsp3) is 0.357. The van der Waals surface area contributed by atoms with Gasteiger partial charge in [-0.1, -0.05) is 19.1 Å². The molecular formula is C14H17FN2S. The van der Waals surface area contributed by atoms with Crippen molar-refractivity contribution in [2.24, 2.45) is 11.7 Å². The second-order valence-electron chi connectivity index (χ2n) is 4.49. The van der Waals surface area contributed by atoms with Gasteiger partial charge in [0.15, 0.2) is 0 Å². The zero-order chi connectivity index (χ0) is 13.0. The Hall–Kier alpha value is -1.26. The van der Waals surface area contributed by atoms with E-state index in [9.17, 15) is 4.39 Å². The van der Waals surface area contributed by atoms with Crippen LogP contribution in [0, 0.1) is 11.7 Å². The second kappa shape index (κ2) is 6.07. The van der Waals surface area contributed by atoms with Gasteiger partial charge < -0.3 is 5.73 Å². The molecule has 0 saturated carbocycles. The first-order valence-electron chi connectivity index (χ1n) is 6.10. The summed E-state index contributed by atoms with van der Waals surface area (Å²) in [5.74, 6) is 0.305. The summed E-state index contributed by atoms with van der Waals surface area (Å²) in [6.07, 6.45) is 1.91. The smallest absolute Gasteiger partial charge is 0.132 e. The number of hydrogen-bond donors (Lipinski definition) is 1. The van der Waals surface area contributed by atoms with Crippen LogP contribution in [-0.4, -0.2) is 11.5 Å². The highest BCUT2D eigenvalue weighted by atomic mass is 32.1. The standard InChI is InChI=1S/C14H17FN2S/c1-10(6-7-16)8-14-17-13(9-18-14)11-4-2-3-5-12(11)15/h2-5,9-10H,6-8,16H2,1H3. The normalized spacial score (nSPS) is 12.6. The zero-order valence-electron chi connectivity index (χ0n) is 10.4. The van der Waals surface area contributed by atoms with Gasteiger partial charge in [0.1, 0.15) is 5.82 Å². The number of aromatic nitrogens is 1. The lowest BCUT2D eigenvalue weighted by atomic mass is 10.0. The molecule has 0 spiro atoms. The molecule has 1 atom stereocenters. The molecule has 1 aromatic heterocycles. The van der Waals surface area contributed by atoms with E-state index in [-0.39, 0.29) is 5.82 Å². The van der Waals surface area contributed by atoms with Gasteiger partial charge in [0, 0.05) is 17.4 Å². The molecule has 96 valence electrons. The summed E-state index contributed by atoms with van der Waals surface area (Å²) in [4.78, 5) is 4.50. The zero-order valence-corrected chi connectivity index (χ0v) is 11.2. The third-order valence-electron chi connectivity index (χ3n) is 2.88. The van der Waals surface area contributed by atoms with E-state index in [0.29, 0.717) is 18.0 Å². The minimum absolute atomic E-state index is 0.218. The Morgan fingerprint density at radius 1 is 1.39 bits per heavy atom. The van der Waals surface area contributed by atoms with E-state index in [1.165, 1.54) is 6.07 Å². The van der Waals surface area contributed by atoms with Crippen molar-refractivity contribution in [2.75, 3.05) is 6.54 Å². The Bertz CT molecular complexity index is 510. The largest absolute Gasteiger partial charge is 0.330 e. The lowest BCUT2D eigenvalue weighted by molar-refractivity contribution is 0.537. The molecule has 2 N–H and O–H groups in total. The minimum Gasteiger partial charge on any atom is -0.330 e. The van der Waals surface area contributed by atoms with Gasteiger partial charge in [-0.05, 0) is 31.0 Å². The molecule has 0 radical (unpaired) electrons. The molecule has 2 nitrogen and oxygen atoms in total. The maximum Gasteiger partial charge on any atom is 0.132 e. The van der Waals surface area contributed by atoms with Crippen LogP contribution in [0.15, 0.2) is 29.6 Å². The van der Waals surface area contributed by atoms with Crippen LogP contribution in [0.5, 0.6) is 0 Å². The summed E-state index contributed by atoms with van der Waals surface area (Å²) in [6.45, 7) is 2.86. The first kappa shape index (κ1) is 13.2. The van der Waals surface area contributed by atoms with E-state index < -0.39 is 0 Å². The molecule has 0 aliphatic heterocycles. The molecule has 0 amide bonds. The molecule has 1 heterocycles. The predicted octanol–water partition coefficient (Wildman–Crippen LogP) is 3.48. The number of nitrogens with two attached hydrogens (primary N) is 1. The highest BCUT2D eigenvalue weighted by molar-refractivity contribution is 7.09. The Balaban J connectivity index is 2.13. The summed E-state index contributed by atoms with van der Waals surface area (Å²) < 4.78 is 13.6. The van der Waals surface area contributed by atoms with E-state index in [1.54, 1.807) is 23.5 Å². The number of thiazole rings is 1. The van der Waals surface area contributed by atoms with Crippen molar-refractivity contribution in [2.45, 2.75) is 19.8 Å². The summed E-state index contributed by atoms with van der Waals surface area (Å²) in [5.41, 5.74) is 6.84. The number of rotatable bonds is 5. The van der Waals surface area contributed by atoms with Crippen LogP contribution in [0.2, 0.25) is 0 Å². The van der Waals surface area contributed by atoms with Crippen LogP contribution in [0.25, 0.3) is 11.3 Å². The van der Waals surface area contributed by atoms with E-state index in [0.717, 1.165) is 23.5 Å². The fourth-order valence-corrected chi connectivity index (χ4v) is 2.84. The van der Waals surface area contributed by atoms with E-state index >= 15 is 0 Å². The molecule has 18 heavy (non-hydrogen) atoms. The molecule has 1 unspecified atom stereocenters. The minimum atomic E-state index is -0.218. The predicted molar refractivity (Wildman–Crippen MR) is 74.0 cm³/mol. The van der Waals surface area contributed by atoms with Crippen LogP contribution in [0.1, 0.15) is 18.4 Å². The van der Waals surface area contributed by atoms with Crippen molar-refractivity contribution in [1.29, 1.82) is 0 Å². The van der Waals surface area contributed by atoms with Gasteiger partial charge in [-0.15, -0.1) is 11.3 Å². The number of nitrogens with zero attached hydrogens (tertiary/aromatic N) is 1. The summed E-state index contributed by atoms with van der Waals surface area (Å²) in [5, 5.41) is 2.97. The first-order valence-corrected chi connectivity index (χ1v) is 6.98. The van der Waals surface area contributed by atoms with Gasteiger partial charge in [0.2, 0.25) is 0 Å². The maximum atomic E-state index is 13.6. The van der Waals surface area contributed by atoms with Gasteiger partial charge in [0.05, 0.1) is 10.7 Å². The molecular weight excluding hydrogens is 247 g/mol. The third kappa shape index (κ3) is 3.15. The molecule has 4 heteroatoms. The molecule has 0 aliphatic carbocycles. The van der Waals surface area contributed by atoms with Crippen molar-refractivity contribution in [3.05, 3.63) is 40.5 Å². The molecule has 0 bridgehead atoms.